The molecule has 0 saturated carbocycles. The number of nitrogens with zero attached hydrogens (tertiary/aromatic N) is 2. The molecule has 1 heterocycles. The Kier molecular flexibility index (Phi) is 5.03. The van der Waals surface area contributed by atoms with Crippen molar-refractivity contribution in [2.24, 2.45) is 0 Å². The third-order valence-corrected chi connectivity index (χ3v) is 2.86. The first-order valence-electron chi connectivity index (χ1n) is 6.18. The van der Waals surface area contributed by atoms with Crippen LogP contribution in [0.5, 0.6) is 0 Å². The molecular weight excluding hydrogens is 278 g/mol. The first-order valence-corrected chi connectivity index (χ1v) is 6.55. The van der Waals surface area contributed by atoms with Gasteiger partial charge in [0.05, 0.1) is 12.4 Å². The van der Waals surface area contributed by atoms with Gasteiger partial charge >= 0.3 is 0 Å². The fourth-order valence-corrected chi connectivity index (χ4v) is 1.81. The number of benzene rings is 1. The van der Waals surface area contributed by atoms with Crippen molar-refractivity contribution >= 4 is 23.2 Å². The van der Waals surface area contributed by atoms with Crippen LogP contribution in [0.1, 0.15) is 22.5 Å². The molecule has 2 N–H and O–H groups in total. The van der Waals surface area contributed by atoms with E-state index in [4.69, 9.17) is 16.7 Å². The van der Waals surface area contributed by atoms with E-state index in [1.807, 2.05) is 18.2 Å². The Hall–Kier alpha value is -1.98. The van der Waals surface area contributed by atoms with Crippen molar-refractivity contribution in [3.63, 3.8) is 0 Å². The van der Waals surface area contributed by atoms with Gasteiger partial charge in [-0.3, -0.25) is 4.79 Å². The Bertz CT molecular complexity index is 587. The molecule has 1 amide bonds. The van der Waals surface area contributed by atoms with Crippen molar-refractivity contribution in [1.29, 1.82) is 0 Å². The fraction of sp³-hybridized carbons (Fsp3) is 0.214. The van der Waals surface area contributed by atoms with E-state index in [0.29, 0.717) is 12.1 Å². The standard InChI is InChI=1S/C14H14ClN3O2/c15-13-9-16-12(8-17-13)14(20)18-11-5-1-3-10(7-11)4-2-6-19/h1,3,5,7-9,19H,2,4,6H2,(H,18,20). The van der Waals surface area contributed by atoms with Crippen LogP contribution >= 0.6 is 11.6 Å². The molecule has 1 aromatic carbocycles. The molecule has 0 unspecified atom stereocenters. The fourth-order valence-electron chi connectivity index (χ4n) is 1.71. The SMILES string of the molecule is O=C(Nc1cccc(CCCO)c1)c1cnc(Cl)cn1. The predicted octanol–water partition coefficient (Wildman–Crippen LogP) is 2.31. The number of halogens is 1. The molecule has 6 heteroatoms. The van der Waals surface area contributed by atoms with Gasteiger partial charge in [0.15, 0.2) is 0 Å². The highest BCUT2D eigenvalue weighted by atomic mass is 35.5. The number of carbonyl (C=O) groups is 1. The number of rotatable bonds is 5. The zero-order valence-corrected chi connectivity index (χ0v) is 11.5. The number of nitrogens with one attached hydrogen (secondary N) is 1. The number of aliphatic hydroxyl groups is 1. The lowest BCUT2D eigenvalue weighted by Crippen LogP contribution is -2.14. The van der Waals surface area contributed by atoms with Crippen LogP contribution in [-0.4, -0.2) is 27.6 Å². The summed E-state index contributed by atoms with van der Waals surface area (Å²) in [5.74, 6) is -0.339. The number of aromatic nitrogens is 2. The number of aliphatic hydroxyl groups excluding tert-OH is 1. The first-order chi connectivity index (χ1) is 9.69. The Morgan fingerprint density at radius 1 is 1.30 bits per heavy atom. The van der Waals surface area contributed by atoms with Gasteiger partial charge in [0.25, 0.3) is 5.91 Å². The lowest BCUT2D eigenvalue weighted by molar-refractivity contribution is 0.102. The summed E-state index contributed by atoms with van der Waals surface area (Å²) in [6, 6.07) is 7.48. The number of amides is 1. The summed E-state index contributed by atoms with van der Waals surface area (Å²) in [5, 5.41) is 11.8. The van der Waals surface area contributed by atoms with Gasteiger partial charge in [0.1, 0.15) is 10.8 Å². The quantitative estimate of drug-likeness (QED) is 0.886. The lowest BCUT2D eigenvalue weighted by Gasteiger charge is -2.06. The van der Waals surface area contributed by atoms with Crippen LogP contribution in [-0.2, 0) is 6.42 Å². The van der Waals surface area contributed by atoms with E-state index in [9.17, 15) is 4.79 Å². The highest BCUT2D eigenvalue weighted by Crippen LogP contribution is 2.13. The van der Waals surface area contributed by atoms with Crippen molar-refractivity contribution in [2.75, 3.05) is 11.9 Å². The summed E-state index contributed by atoms with van der Waals surface area (Å²) in [4.78, 5) is 19.7. The van der Waals surface area contributed by atoms with Crippen LogP contribution in [0.4, 0.5) is 5.69 Å². The van der Waals surface area contributed by atoms with Crippen molar-refractivity contribution in [3.05, 3.63) is 53.1 Å². The average Bonchev–Trinajstić information content (AvgIpc) is 2.46. The van der Waals surface area contributed by atoms with E-state index >= 15 is 0 Å². The molecule has 2 rings (SSSR count). The summed E-state index contributed by atoms with van der Waals surface area (Å²) < 4.78 is 0. The van der Waals surface area contributed by atoms with E-state index in [0.717, 1.165) is 12.0 Å². The van der Waals surface area contributed by atoms with E-state index in [-0.39, 0.29) is 23.4 Å². The van der Waals surface area contributed by atoms with Crippen molar-refractivity contribution in [1.82, 2.24) is 9.97 Å². The molecule has 0 spiro atoms. The van der Waals surface area contributed by atoms with Gasteiger partial charge in [-0.25, -0.2) is 9.97 Å². The largest absolute Gasteiger partial charge is 0.396 e. The molecule has 0 aliphatic carbocycles. The highest BCUT2D eigenvalue weighted by molar-refractivity contribution is 6.29. The van der Waals surface area contributed by atoms with Gasteiger partial charge < -0.3 is 10.4 Å². The maximum absolute atomic E-state index is 12.0. The zero-order valence-electron chi connectivity index (χ0n) is 10.7. The molecule has 0 bridgehead atoms. The van der Waals surface area contributed by atoms with E-state index < -0.39 is 0 Å². The minimum Gasteiger partial charge on any atom is -0.396 e. The highest BCUT2D eigenvalue weighted by Gasteiger charge is 2.08. The monoisotopic (exact) mass is 291 g/mol. The van der Waals surface area contributed by atoms with Crippen LogP contribution in [0.3, 0.4) is 0 Å². The molecule has 5 nitrogen and oxygen atoms in total. The zero-order chi connectivity index (χ0) is 14.4. The van der Waals surface area contributed by atoms with Gasteiger partial charge in [-0.1, -0.05) is 23.7 Å². The van der Waals surface area contributed by atoms with Gasteiger partial charge in [-0.2, -0.15) is 0 Å². The van der Waals surface area contributed by atoms with Gasteiger partial charge in [0, 0.05) is 12.3 Å². The maximum Gasteiger partial charge on any atom is 0.275 e. The molecule has 0 radical (unpaired) electrons. The van der Waals surface area contributed by atoms with Crippen molar-refractivity contribution < 1.29 is 9.90 Å². The average molecular weight is 292 g/mol. The molecule has 20 heavy (non-hydrogen) atoms. The van der Waals surface area contributed by atoms with Crippen LogP contribution in [0, 0.1) is 0 Å². The third kappa shape index (κ3) is 4.01. The van der Waals surface area contributed by atoms with Crippen LogP contribution in [0.15, 0.2) is 36.7 Å². The van der Waals surface area contributed by atoms with E-state index in [1.54, 1.807) is 6.07 Å². The number of hydrogen-bond donors (Lipinski definition) is 2. The number of anilines is 1. The number of carbonyl (C=O) groups excluding carboxylic acids is 1. The Morgan fingerprint density at radius 2 is 2.15 bits per heavy atom. The van der Waals surface area contributed by atoms with Crippen LogP contribution in [0.25, 0.3) is 0 Å². The van der Waals surface area contributed by atoms with Crippen LogP contribution < -0.4 is 5.32 Å². The second kappa shape index (κ2) is 6.98. The Morgan fingerprint density at radius 3 is 2.85 bits per heavy atom. The number of hydrogen-bond acceptors (Lipinski definition) is 4. The molecule has 0 aliphatic heterocycles. The van der Waals surface area contributed by atoms with Crippen molar-refractivity contribution in [3.8, 4) is 0 Å². The Balaban J connectivity index is 2.05. The summed E-state index contributed by atoms with van der Waals surface area (Å²) in [6.45, 7) is 0.150. The second-order valence-corrected chi connectivity index (χ2v) is 4.59. The molecule has 0 atom stereocenters. The molecule has 104 valence electrons. The van der Waals surface area contributed by atoms with Crippen molar-refractivity contribution in [2.45, 2.75) is 12.8 Å². The molecule has 1 aromatic heterocycles. The third-order valence-electron chi connectivity index (χ3n) is 2.66. The predicted molar refractivity (Wildman–Crippen MR) is 76.8 cm³/mol. The van der Waals surface area contributed by atoms with E-state index in [2.05, 4.69) is 15.3 Å². The maximum atomic E-state index is 12.0. The summed E-state index contributed by atoms with van der Waals surface area (Å²) in [6.07, 6.45) is 4.11. The minimum atomic E-state index is -0.339. The summed E-state index contributed by atoms with van der Waals surface area (Å²) in [5.41, 5.74) is 1.94. The minimum absolute atomic E-state index is 0.150. The molecule has 0 aliphatic rings. The normalized spacial score (nSPS) is 10.3. The molecule has 0 saturated heterocycles. The molecular formula is C14H14ClN3O2. The first kappa shape index (κ1) is 14.4. The topological polar surface area (TPSA) is 75.1 Å². The van der Waals surface area contributed by atoms with E-state index in [1.165, 1.54) is 12.4 Å². The van der Waals surface area contributed by atoms with Gasteiger partial charge in [-0.15, -0.1) is 0 Å². The summed E-state index contributed by atoms with van der Waals surface area (Å²) in [7, 11) is 0. The second-order valence-electron chi connectivity index (χ2n) is 4.21. The van der Waals surface area contributed by atoms with Gasteiger partial charge in [0.2, 0.25) is 0 Å². The molecule has 2 aromatic rings. The summed E-state index contributed by atoms with van der Waals surface area (Å²) >= 11 is 5.62. The Labute approximate surface area is 121 Å². The number of aryl methyl sites for hydroxylation is 1. The lowest BCUT2D eigenvalue weighted by atomic mass is 10.1. The van der Waals surface area contributed by atoms with Gasteiger partial charge in [-0.05, 0) is 30.5 Å². The molecule has 0 fully saturated rings. The smallest absolute Gasteiger partial charge is 0.275 e. The van der Waals surface area contributed by atoms with Crippen LogP contribution in [0.2, 0.25) is 5.15 Å².